The SMILES string of the molecule is CCCOC(=O)C(c1ccc(-c2ccc(C(F)(F)F)cc2C(F)(F)F)nn1)n1ccc2nc(-c3cccc(F)c3F)nc-2c1. The topological polar surface area (TPSA) is 82.8 Å². The van der Waals surface area contributed by atoms with E-state index < -0.39 is 52.7 Å². The molecule has 1 aromatic heterocycles. The summed E-state index contributed by atoms with van der Waals surface area (Å²) >= 11 is 0. The van der Waals surface area contributed by atoms with E-state index in [1.165, 1.54) is 41.2 Å². The zero-order chi connectivity index (χ0) is 31.8. The van der Waals surface area contributed by atoms with E-state index in [4.69, 9.17) is 4.74 Å². The highest BCUT2D eigenvalue weighted by Crippen LogP contribution is 2.40. The first-order chi connectivity index (χ1) is 20.8. The van der Waals surface area contributed by atoms with E-state index in [0.29, 0.717) is 18.6 Å². The van der Waals surface area contributed by atoms with Gasteiger partial charge in [0, 0.05) is 18.0 Å². The van der Waals surface area contributed by atoms with E-state index >= 15 is 0 Å². The third-order valence-corrected chi connectivity index (χ3v) is 6.45. The molecule has 7 nitrogen and oxygen atoms in total. The largest absolute Gasteiger partial charge is 0.464 e. The highest BCUT2D eigenvalue weighted by Gasteiger charge is 2.39. The van der Waals surface area contributed by atoms with Gasteiger partial charge in [-0.2, -0.15) is 36.5 Å². The van der Waals surface area contributed by atoms with E-state index in [1.54, 1.807) is 6.92 Å². The van der Waals surface area contributed by atoms with Crippen molar-refractivity contribution in [3.8, 4) is 34.0 Å². The van der Waals surface area contributed by atoms with Crippen LogP contribution in [0.4, 0.5) is 35.1 Å². The highest BCUT2D eigenvalue weighted by molar-refractivity contribution is 5.78. The van der Waals surface area contributed by atoms with Gasteiger partial charge in [-0.1, -0.05) is 19.1 Å². The Labute approximate surface area is 243 Å². The van der Waals surface area contributed by atoms with E-state index in [1.807, 2.05) is 0 Å². The van der Waals surface area contributed by atoms with E-state index in [0.717, 1.165) is 12.1 Å². The van der Waals surface area contributed by atoms with Gasteiger partial charge in [0.25, 0.3) is 0 Å². The van der Waals surface area contributed by atoms with Gasteiger partial charge in [0.05, 0.1) is 40.4 Å². The number of imidazole rings is 1. The molecule has 0 amide bonds. The van der Waals surface area contributed by atoms with Crippen LogP contribution in [0.1, 0.15) is 36.2 Å². The van der Waals surface area contributed by atoms with Crippen LogP contribution in [-0.4, -0.2) is 37.3 Å². The molecular weight excluding hydrogens is 602 g/mol. The number of nitrogens with zero attached hydrogens (tertiary/aromatic N) is 5. The van der Waals surface area contributed by atoms with Crippen LogP contribution in [0.5, 0.6) is 0 Å². The number of hydrogen-bond acceptors (Lipinski definition) is 6. The normalized spacial score (nSPS) is 12.8. The summed E-state index contributed by atoms with van der Waals surface area (Å²) in [4.78, 5) is 21.6. The van der Waals surface area contributed by atoms with Crippen molar-refractivity contribution in [3.05, 3.63) is 95.4 Å². The van der Waals surface area contributed by atoms with Crippen molar-refractivity contribution >= 4 is 5.97 Å². The molecule has 0 spiro atoms. The number of ether oxygens (including phenoxy) is 1. The number of rotatable bonds is 7. The molecule has 0 bridgehead atoms. The number of aromatic nitrogens is 5. The number of carbonyl (C=O) groups excluding carboxylic acids is 1. The smallest absolute Gasteiger partial charge is 0.417 e. The molecule has 2 aliphatic rings. The van der Waals surface area contributed by atoms with Crippen LogP contribution in [0, 0.1) is 11.6 Å². The summed E-state index contributed by atoms with van der Waals surface area (Å²) in [6.45, 7) is 1.79. The van der Waals surface area contributed by atoms with Gasteiger partial charge in [0.1, 0.15) is 5.69 Å². The minimum absolute atomic E-state index is 0.00817. The molecule has 15 heteroatoms. The molecule has 0 N–H and O–H groups in total. The molecule has 1 unspecified atom stereocenters. The Morgan fingerprint density at radius 2 is 1.61 bits per heavy atom. The molecule has 44 heavy (non-hydrogen) atoms. The summed E-state index contributed by atoms with van der Waals surface area (Å²) in [7, 11) is 0. The van der Waals surface area contributed by atoms with Gasteiger partial charge in [0.15, 0.2) is 23.5 Å². The van der Waals surface area contributed by atoms with Gasteiger partial charge in [-0.15, -0.1) is 0 Å². The Balaban J connectivity index is 1.55. The molecular formula is C29H19F8N5O2. The highest BCUT2D eigenvalue weighted by atomic mass is 19.4. The van der Waals surface area contributed by atoms with Crippen molar-refractivity contribution in [2.45, 2.75) is 31.7 Å². The Morgan fingerprint density at radius 1 is 0.864 bits per heavy atom. The van der Waals surface area contributed by atoms with Crippen LogP contribution in [0.2, 0.25) is 0 Å². The predicted molar refractivity (Wildman–Crippen MR) is 139 cm³/mol. The molecule has 2 aliphatic heterocycles. The third-order valence-electron chi connectivity index (χ3n) is 6.45. The number of fused-ring (bicyclic) bond motifs is 1. The second-order valence-electron chi connectivity index (χ2n) is 9.48. The quantitative estimate of drug-likeness (QED) is 0.140. The van der Waals surface area contributed by atoms with Crippen molar-refractivity contribution in [1.29, 1.82) is 0 Å². The summed E-state index contributed by atoms with van der Waals surface area (Å²) < 4.78 is 115. The number of alkyl halides is 6. The minimum atomic E-state index is -5.14. The molecule has 0 fully saturated rings. The van der Waals surface area contributed by atoms with Gasteiger partial charge in [-0.3, -0.25) is 0 Å². The molecule has 2 aromatic carbocycles. The van der Waals surface area contributed by atoms with Crippen molar-refractivity contribution in [1.82, 2.24) is 24.7 Å². The van der Waals surface area contributed by atoms with Gasteiger partial charge in [-0.25, -0.2) is 23.5 Å². The standard InChI is InChI=1S/C29H19F8N5O2/c1-2-12-44-27(43)25(42-11-10-21-23(14-42)39-26(38-21)17-4-3-5-19(30)24(17)31)22-9-8-20(40-41-22)16-7-6-15(28(32,33)34)13-18(16)29(35,36)37/h3-11,13-14,25H,2,12H2,1H3. The molecule has 3 heterocycles. The molecule has 0 saturated carbocycles. The predicted octanol–water partition coefficient (Wildman–Crippen LogP) is 7.37. The lowest BCUT2D eigenvalue weighted by molar-refractivity contribution is -0.146. The first-order valence-electron chi connectivity index (χ1n) is 12.9. The number of hydrogen-bond donors (Lipinski definition) is 0. The molecule has 228 valence electrons. The first-order valence-corrected chi connectivity index (χ1v) is 12.9. The summed E-state index contributed by atoms with van der Waals surface area (Å²) in [5, 5.41) is 7.71. The molecule has 1 atom stereocenters. The van der Waals surface area contributed by atoms with Crippen LogP contribution in [0.3, 0.4) is 0 Å². The van der Waals surface area contributed by atoms with Crippen LogP contribution < -0.4 is 0 Å². The fourth-order valence-electron chi connectivity index (χ4n) is 4.37. The van der Waals surface area contributed by atoms with Crippen LogP contribution in [0.25, 0.3) is 34.0 Å². The van der Waals surface area contributed by atoms with Crippen LogP contribution in [-0.2, 0) is 21.9 Å². The first kappa shape index (κ1) is 30.5. The monoisotopic (exact) mass is 621 g/mol. The van der Waals surface area contributed by atoms with Crippen molar-refractivity contribution in [2.24, 2.45) is 0 Å². The zero-order valence-electron chi connectivity index (χ0n) is 22.4. The van der Waals surface area contributed by atoms with Crippen LogP contribution >= 0.6 is 0 Å². The molecule has 0 aliphatic carbocycles. The summed E-state index contributed by atoms with van der Waals surface area (Å²) in [6.07, 6.45) is -6.89. The van der Waals surface area contributed by atoms with E-state index in [2.05, 4.69) is 20.2 Å². The Bertz CT molecular complexity index is 1780. The average Bonchev–Trinajstić information content (AvgIpc) is 3.40. The fraction of sp³-hybridized carbons (Fsp3) is 0.207. The van der Waals surface area contributed by atoms with Gasteiger partial charge >= 0.3 is 18.3 Å². The number of esters is 1. The number of carbonyl (C=O) groups is 1. The van der Waals surface area contributed by atoms with Crippen LogP contribution in [0.15, 0.2) is 67.0 Å². The lowest BCUT2D eigenvalue weighted by Crippen LogP contribution is -2.25. The Kier molecular flexibility index (Phi) is 8.05. The molecule has 0 radical (unpaired) electrons. The lowest BCUT2D eigenvalue weighted by Gasteiger charge is -2.20. The number of halogens is 8. The minimum Gasteiger partial charge on any atom is -0.464 e. The number of benzene rings is 2. The van der Waals surface area contributed by atoms with Crippen molar-refractivity contribution in [3.63, 3.8) is 0 Å². The van der Waals surface area contributed by atoms with Crippen molar-refractivity contribution < 1.29 is 44.7 Å². The van der Waals surface area contributed by atoms with E-state index in [9.17, 15) is 39.9 Å². The van der Waals surface area contributed by atoms with Gasteiger partial charge in [-0.05, 0) is 48.9 Å². The summed E-state index contributed by atoms with van der Waals surface area (Å²) in [5.74, 6) is -3.15. The second-order valence-corrected chi connectivity index (χ2v) is 9.48. The maximum atomic E-state index is 14.3. The van der Waals surface area contributed by atoms with Crippen molar-refractivity contribution in [2.75, 3.05) is 6.61 Å². The zero-order valence-corrected chi connectivity index (χ0v) is 22.4. The fourth-order valence-corrected chi connectivity index (χ4v) is 4.37. The molecule has 0 saturated heterocycles. The number of pyridine rings is 1. The van der Waals surface area contributed by atoms with Gasteiger partial charge in [0.2, 0.25) is 0 Å². The Morgan fingerprint density at radius 3 is 2.27 bits per heavy atom. The molecule has 5 rings (SSSR count). The lowest BCUT2D eigenvalue weighted by atomic mass is 10.00. The summed E-state index contributed by atoms with van der Waals surface area (Å²) in [6, 6.07) is 7.08. The average molecular weight is 621 g/mol. The maximum Gasteiger partial charge on any atom is 0.417 e. The maximum absolute atomic E-state index is 14.3. The second kappa shape index (κ2) is 11.6. The van der Waals surface area contributed by atoms with Gasteiger partial charge < -0.3 is 9.30 Å². The summed E-state index contributed by atoms with van der Waals surface area (Å²) in [5.41, 5.74) is -3.87. The molecule has 3 aromatic rings. The van der Waals surface area contributed by atoms with E-state index in [-0.39, 0.29) is 46.8 Å². The Hall–Kier alpha value is -4.95. The third kappa shape index (κ3) is 6.07.